The summed E-state index contributed by atoms with van der Waals surface area (Å²) < 4.78 is 23.0. The number of carbonyl (C=O) groups is 3. The fourth-order valence-corrected chi connectivity index (χ4v) is 7.68. The average Bonchev–Trinajstić information content (AvgIpc) is 3.49. The van der Waals surface area contributed by atoms with E-state index in [-0.39, 0.29) is 37.6 Å². The number of carbonyl (C=O) groups excluding carboxylic acids is 3. The number of amides is 2. The molecule has 1 aliphatic carbocycles. The molecule has 0 unspecified atom stereocenters. The quantitative estimate of drug-likeness (QED) is 0.139. The topological polar surface area (TPSA) is 150 Å². The molecule has 2 amide bonds. The average molecular weight is 726 g/mol. The van der Waals surface area contributed by atoms with Crippen molar-refractivity contribution in [3.8, 4) is 17.2 Å². The minimum atomic E-state index is -0.600. The number of hydrazine groups is 1. The van der Waals surface area contributed by atoms with Crippen LogP contribution in [0.25, 0.3) is 0 Å². The molecule has 0 saturated heterocycles. The molecule has 2 aliphatic heterocycles. The van der Waals surface area contributed by atoms with Crippen LogP contribution >= 0.6 is 0 Å². The standard InChI is InChI=1S/C41H51N5O7/c1-26(2)46(43)22-30(42)25-52-36-15-9-11-27-18-19-45(35(38(27)36)23-44-21-28-10-5-6-12-32(28)39(44)47)40(48)33-13-7-8-14-34(33)41(49)53-24-29-16-17-31(50-3)20-37(29)51-4/h5-6,9-12,15-17,20,22,26,33-35H,7-8,13-14,18-19,21,23-25,42-43H2,1-4H3/b30-22-/t33-,34+,35-/m1/s1. The Hall–Kier alpha value is -5.23. The van der Waals surface area contributed by atoms with Crippen molar-refractivity contribution in [3.05, 3.63) is 100 Å². The van der Waals surface area contributed by atoms with E-state index < -0.39 is 23.8 Å². The fourth-order valence-electron chi connectivity index (χ4n) is 7.68. The van der Waals surface area contributed by atoms with Gasteiger partial charge in [0.1, 0.15) is 30.5 Å². The predicted molar refractivity (Wildman–Crippen MR) is 200 cm³/mol. The Kier molecular flexibility index (Phi) is 11.8. The van der Waals surface area contributed by atoms with Crippen LogP contribution in [0.3, 0.4) is 0 Å². The monoisotopic (exact) mass is 725 g/mol. The van der Waals surface area contributed by atoms with Crippen LogP contribution < -0.4 is 25.8 Å². The van der Waals surface area contributed by atoms with Crippen molar-refractivity contribution < 1.29 is 33.3 Å². The van der Waals surface area contributed by atoms with E-state index in [1.54, 1.807) is 37.5 Å². The summed E-state index contributed by atoms with van der Waals surface area (Å²) in [5.74, 6) is 6.10. The van der Waals surface area contributed by atoms with Crippen molar-refractivity contribution in [2.45, 2.75) is 71.2 Å². The van der Waals surface area contributed by atoms with Gasteiger partial charge in [0.25, 0.3) is 5.91 Å². The van der Waals surface area contributed by atoms with E-state index in [0.717, 1.165) is 29.5 Å². The molecule has 3 atom stereocenters. The van der Waals surface area contributed by atoms with Gasteiger partial charge in [-0.05, 0) is 68.5 Å². The number of rotatable bonds is 13. The highest BCUT2D eigenvalue weighted by Gasteiger charge is 2.44. The molecule has 12 nitrogen and oxygen atoms in total. The Labute approximate surface area is 311 Å². The molecule has 0 aromatic heterocycles. The van der Waals surface area contributed by atoms with Crippen molar-refractivity contribution in [2.75, 3.05) is 33.9 Å². The zero-order valence-corrected chi connectivity index (χ0v) is 31.1. The number of benzene rings is 3. The van der Waals surface area contributed by atoms with Gasteiger partial charge in [-0.3, -0.25) is 14.4 Å². The van der Waals surface area contributed by atoms with Crippen LogP contribution in [0.1, 0.15) is 78.2 Å². The van der Waals surface area contributed by atoms with Crippen molar-refractivity contribution in [1.82, 2.24) is 14.8 Å². The van der Waals surface area contributed by atoms with E-state index in [2.05, 4.69) is 0 Å². The second-order valence-corrected chi connectivity index (χ2v) is 14.3. The van der Waals surface area contributed by atoms with E-state index in [1.165, 1.54) is 5.01 Å². The van der Waals surface area contributed by atoms with Crippen LogP contribution in [0, 0.1) is 11.8 Å². The molecule has 53 heavy (non-hydrogen) atoms. The van der Waals surface area contributed by atoms with Gasteiger partial charge in [0.15, 0.2) is 0 Å². The molecule has 6 rings (SSSR count). The summed E-state index contributed by atoms with van der Waals surface area (Å²) in [7, 11) is 3.13. The number of hydrogen-bond acceptors (Lipinski definition) is 10. The molecule has 282 valence electrons. The largest absolute Gasteiger partial charge is 0.497 e. The van der Waals surface area contributed by atoms with Gasteiger partial charge in [-0.25, -0.2) is 5.84 Å². The Morgan fingerprint density at radius 3 is 2.45 bits per heavy atom. The lowest BCUT2D eigenvalue weighted by Gasteiger charge is -2.43. The third-order valence-corrected chi connectivity index (χ3v) is 10.6. The third kappa shape index (κ3) is 8.22. The van der Waals surface area contributed by atoms with Gasteiger partial charge in [0.2, 0.25) is 5.91 Å². The molecule has 2 heterocycles. The first-order valence-corrected chi connectivity index (χ1v) is 18.4. The number of nitrogens with zero attached hydrogens (tertiary/aromatic N) is 3. The number of nitrogens with two attached hydrogens (primary N) is 2. The Balaban J connectivity index is 1.27. The SMILES string of the molecule is COc1ccc(COC(=O)[C@H]2CCCC[C@H]2C(=O)N2CCc3cccc(OC/C(N)=C/N(N)C(C)C)c3[C@H]2CN2Cc3ccccc3C2=O)c(OC)c1. The summed E-state index contributed by atoms with van der Waals surface area (Å²) in [5, 5.41) is 1.53. The zero-order chi connectivity index (χ0) is 37.6. The van der Waals surface area contributed by atoms with Crippen LogP contribution in [0.5, 0.6) is 17.2 Å². The smallest absolute Gasteiger partial charge is 0.310 e. The highest BCUT2D eigenvalue weighted by atomic mass is 16.5. The van der Waals surface area contributed by atoms with Crippen molar-refractivity contribution in [2.24, 2.45) is 23.4 Å². The van der Waals surface area contributed by atoms with Gasteiger partial charge in [-0.1, -0.05) is 43.2 Å². The lowest BCUT2D eigenvalue weighted by molar-refractivity contribution is -0.159. The molecule has 1 saturated carbocycles. The molecule has 0 radical (unpaired) electrons. The number of fused-ring (bicyclic) bond motifs is 2. The molecular formula is C41H51N5O7. The molecule has 4 N–H and O–H groups in total. The third-order valence-electron chi connectivity index (χ3n) is 10.6. The normalized spacial score (nSPS) is 19.8. The van der Waals surface area contributed by atoms with Crippen molar-refractivity contribution in [1.29, 1.82) is 0 Å². The molecule has 1 fully saturated rings. The van der Waals surface area contributed by atoms with Crippen molar-refractivity contribution >= 4 is 17.8 Å². The first-order chi connectivity index (χ1) is 25.6. The summed E-state index contributed by atoms with van der Waals surface area (Å²) in [4.78, 5) is 46.0. The Bertz CT molecular complexity index is 1840. The zero-order valence-electron chi connectivity index (χ0n) is 31.1. The molecule has 0 spiro atoms. The van der Waals surface area contributed by atoms with E-state index >= 15 is 0 Å². The maximum absolute atomic E-state index is 14.9. The van der Waals surface area contributed by atoms with Crippen LogP contribution in [0.15, 0.2) is 72.6 Å². The number of esters is 1. The molecule has 3 aliphatic rings. The fraction of sp³-hybridized carbons (Fsp3) is 0.439. The van der Waals surface area contributed by atoms with Crippen molar-refractivity contribution in [3.63, 3.8) is 0 Å². The highest BCUT2D eigenvalue weighted by Crippen LogP contribution is 2.42. The molecular weight excluding hydrogens is 674 g/mol. The van der Waals surface area contributed by atoms with Gasteiger partial charge < -0.3 is 39.5 Å². The minimum Gasteiger partial charge on any atom is -0.497 e. The highest BCUT2D eigenvalue weighted by molar-refractivity contribution is 5.98. The van der Waals surface area contributed by atoms with E-state index in [4.69, 9.17) is 30.5 Å². The van der Waals surface area contributed by atoms with Gasteiger partial charge in [-0.2, -0.15) is 0 Å². The van der Waals surface area contributed by atoms with E-state index in [0.29, 0.717) is 66.4 Å². The summed E-state index contributed by atoms with van der Waals surface area (Å²) in [6, 6.07) is 18.3. The minimum absolute atomic E-state index is 0.0120. The number of hydrogen-bond donors (Lipinski definition) is 2. The molecule has 12 heteroatoms. The Morgan fingerprint density at radius 2 is 1.72 bits per heavy atom. The molecule has 3 aromatic rings. The lowest BCUT2D eigenvalue weighted by Crippen LogP contribution is -2.50. The van der Waals surface area contributed by atoms with E-state index in [9.17, 15) is 14.4 Å². The van der Waals surface area contributed by atoms with Crippen LogP contribution in [-0.4, -0.2) is 72.6 Å². The first kappa shape index (κ1) is 37.5. The Morgan fingerprint density at radius 1 is 0.962 bits per heavy atom. The predicted octanol–water partition coefficient (Wildman–Crippen LogP) is 5.10. The summed E-state index contributed by atoms with van der Waals surface area (Å²) in [5.41, 5.74) is 11.0. The van der Waals surface area contributed by atoms with Crippen LogP contribution in [0.2, 0.25) is 0 Å². The summed E-state index contributed by atoms with van der Waals surface area (Å²) >= 11 is 0. The maximum Gasteiger partial charge on any atom is 0.310 e. The van der Waals surface area contributed by atoms with Gasteiger partial charge in [-0.15, -0.1) is 0 Å². The molecule has 0 bridgehead atoms. The van der Waals surface area contributed by atoms with Gasteiger partial charge in [0, 0.05) is 54.6 Å². The molecule has 3 aromatic carbocycles. The lowest BCUT2D eigenvalue weighted by atomic mass is 9.77. The second-order valence-electron chi connectivity index (χ2n) is 14.3. The number of methoxy groups -OCH3 is 2. The number of ether oxygens (including phenoxy) is 4. The maximum atomic E-state index is 14.9. The van der Waals surface area contributed by atoms with Gasteiger partial charge >= 0.3 is 5.97 Å². The summed E-state index contributed by atoms with van der Waals surface area (Å²) in [6.45, 7) is 5.16. The first-order valence-electron chi connectivity index (χ1n) is 18.4. The van der Waals surface area contributed by atoms with E-state index in [1.807, 2.05) is 67.3 Å². The van der Waals surface area contributed by atoms with Crippen LogP contribution in [0.4, 0.5) is 0 Å². The van der Waals surface area contributed by atoms with Crippen LogP contribution in [-0.2, 0) is 33.9 Å². The summed E-state index contributed by atoms with van der Waals surface area (Å²) in [6.07, 6.45) is 5.03. The van der Waals surface area contributed by atoms with Gasteiger partial charge in [0.05, 0.1) is 37.8 Å². The second kappa shape index (κ2) is 16.6.